The fourth-order valence-corrected chi connectivity index (χ4v) is 4.90. The summed E-state index contributed by atoms with van der Waals surface area (Å²) in [6, 6.07) is 10.5. The Labute approximate surface area is 201 Å². The maximum atomic E-state index is 14.2. The van der Waals surface area contributed by atoms with Gasteiger partial charge in [-0.15, -0.1) is 0 Å². The SMILES string of the molecule is CC(C)(CC(O)(Cc1cc2ccc(CN3CCOCC3)cc2[nH]1)C(F)(F)F)c1cc(F)ccc1O. The molecule has 0 radical (unpaired) electrons. The van der Waals surface area contributed by atoms with Gasteiger partial charge < -0.3 is 19.9 Å². The molecule has 2 aromatic carbocycles. The van der Waals surface area contributed by atoms with Gasteiger partial charge in [-0.25, -0.2) is 4.39 Å². The third-order valence-corrected chi connectivity index (χ3v) is 6.69. The van der Waals surface area contributed by atoms with Gasteiger partial charge in [-0.3, -0.25) is 4.90 Å². The molecular weight excluding hydrogens is 464 g/mol. The minimum atomic E-state index is -4.95. The van der Waals surface area contributed by atoms with Crippen LogP contribution in [0.2, 0.25) is 0 Å². The lowest BCUT2D eigenvalue weighted by Gasteiger charge is -2.38. The summed E-state index contributed by atoms with van der Waals surface area (Å²) in [5.41, 5.74) is -2.51. The number of ether oxygens (including phenoxy) is 1. The molecular formula is C26H30F4N2O3. The average molecular weight is 495 g/mol. The van der Waals surface area contributed by atoms with Crippen molar-refractivity contribution in [2.24, 2.45) is 0 Å². The Morgan fingerprint density at radius 1 is 1.03 bits per heavy atom. The maximum absolute atomic E-state index is 14.2. The van der Waals surface area contributed by atoms with Gasteiger partial charge in [-0.2, -0.15) is 13.2 Å². The zero-order chi connectivity index (χ0) is 25.4. The molecule has 0 spiro atoms. The van der Waals surface area contributed by atoms with E-state index in [1.165, 1.54) is 13.8 Å². The number of nitrogens with zero attached hydrogens (tertiary/aromatic N) is 1. The number of fused-ring (bicyclic) bond motifs is 1. The number of hydrogen-bond acceptors (Lipinski definition) is 4. The van der Waals surface area contributed by atoms with Gasteiger partial charge >= 0.3 is 6.18 Å². The second-order valence-corrected chi connectivity index (χ2v) is 10.0. The molecule has 1 fully saturated rings. The molecule has 35 heavy (non-hydrogen) atoms. The third-order valence-electron chi connectivity index (χ3n) is 6.69. The van der Waals surface area contributed by atoms with E-state index in [1.807, 2.05) is 18.2 Å². The van der Waals surface area contributed by atoms with Crippen LogP contribution in [0.5, 0.6) is 5.75 Å². The van der Waals surface area contributed by atoms with Crippen LogP contribution in [0.15, 0.2) is 42.5 Å². The topological polar surface area (TPSA) is 68.7 Å². The molecule has 3 N–H and O–H groups in total. The molecule has 5 nitrogen and oxygen atoms in total. The minimum Gasteiger partial charge on any atom is -0.508 e. The molecule has 1 aliphatic rings. The first-order valence-electron chi connectivity index (χ1n) is 11.6. The van der Waals surface area contributed by atoms with Crippen molar-refractivity contribution in [1.29, 1.82) is 0 Å². The first-order chi connectivity index (χ1) is 16.4. The van der Waals surface area contributed by atoms with Crippen molar-refractivity contribution in [2.45, 2.75) is 50.4 Å². The summed E-state index contributed by atoms with van der Waals surface area (Å²) < 4.78 is 61.7. The molecule has 0 amide bonds. The highest BCUT2D eigenvalue weighted by Crippen LogP contribution is 2.45. The van der Waals surface area contributed by atoms with Crippen LogP contribution in [0.25, 0.3) is 10.9 Å². The Hall–Kier alpha value is -2.62. The van der Waals surface area contributed by atoms with Gasteiger partial charge in [0, 0.05) is 42.8 Å². The Bertz CT molecular complexity index is 1190. The number of phenolic OH excluding ortho intramolecular Hbond substituents is 1. The number of aliphatic hydroxyl groups is 1. The summed E-state index contributed by atoms with van der Waals surface area (Å²) in [4.78, 5) is 5.29. The van der Waals surface area contributed by atoms with Crippen LogP contribution in [0.1, 0.15) is 37.1 Å². The third kappa shape index (κ3) is 5.63. The molecule has 9 heteroatoms. The van der Waals surface area contributed by atoms with Crippen molar-refractivity contribution in [1.82, 2.24) is 9.88 Å². The summed E-state index contributed by atoms with van der Waals surface area (Å²) in [6.45, 7) is 6.60. The predicted octanol–water partition coefficient (Wildman–Crippen LogP) is 5.05. The number of halogens is 4. The first-order valence-corrected chi connectivity index (χ1v) is 11.6. The number of nitrogens with one attached hydrogen (secondary N) is 1. The monoisotopic (exact) mass is 494 g/mol. The number of alkyl halides is 3. The summed E-state index contributed by atoms with van der Waals surface area (Å²) in [5, 5.41) is 21.8. The van der Waals surface area contributed by atoms with E-state index in [1.54, 1.807) is 6.07 Å². The van der Waals surface area contributed by atoms with Gasteiger partial charge in [0.25, 0.3) is 0 Å². The number of hydrogen-bond donors (Lipinski definition) is 3. The lowest BCUT2D eigenvalue weighted by molar-refractivity contribution is -0.266. The number of phenols is 1. The fourth-order valence-electron chi connectivity index (χ4n) is 4.90. The van der Waals surface area contributed by atoms with E-state index in [2.05, 4.69) is 9.88 Å². The highest BCUT2D eigenvalue weighted by atomic mass is 19.4. The zero-order valence-corrected chi connectivity index (χ0v) is 19.8. The Morgan fingerprint density at radius 2 is 1.74 bits per heavy atom. The number of H-pyrrole nitrogens is 1. The largest absolute Gasteiger partial charge is 0.508 e. The highest BCUT2D eigenvalue weighted by Gasteiger charge is 2.56. The maximum Gasteiger partial charge on any atom is 0.417 e. The van der Waals surface area contributed by atoms with Crippen molar-refractivity contribution in [2.75, 3.05) is 26.3 Å². The molecule has 2 heterocycles. The molecule has 4 rings (SSSR count). The van der Waals surface area contributed by atoms with Crippen LogP contribution >= 0.6 is 0 Å². The second kappa shape index (κ2) is 9.44. The quantitative estimate of drug-likeness (QED) is 0.402. The molecule has 1 atom stereocenters. The molecule has 1 aliphatic heterocycles. The van der Waals surface area contributed by atoms with Gasteiger partial charge in [0.05, 0.1) is 13.2 Å². The predicted molar refractivity (Wildman–Crippen MR) is 125 cm³/mol. The van der Waals surface area contributed by atoms with Crippen LogP contribution in [0.3, 0.4) is 0 Å². The Kier molecular flexibility index (Phi) is 6.87. The molecule has 3 aromatic rings. The average Bonchev–Trinajstić information content (AvgIpc) is 3.16. The molecule has 0 saturated carbocycles. The number of aromatic amines is 1. The van der Waals surface area contributed by atoms with Crippen molar-refractivity contribution < 1.29 is 32.5 Å². The smallest absolute Gasteiger partial charge is 0.417 e. The Morgan fingerprint density at radius 3 is 2.43 bits per heavy atom. The first kappa shape index (κ1) is 25.5. The molecule has 0 aliphatic carbocycles. The minimum absolute atomic E-state index is 0.00424. The molecule has 190 valence electrons. The van der Waals surface area contributed by atoms with Crippen LogP contribution in [0.4, 0.5) is 17.6 Å². The summed E-state index contributed by atoms with van der Waals surface area (Å²) >= 11 is 0. The van der Waals surface area contributed by atoms with E-state index < -0.39 is 35.9 Å². The van der Waals surface area contributed by atoms with E-state index in [0.717, 1.165) is 42.2 Å². The van der Waals surface area contributed by atoms with Gasteiger partial charge in [0.1, 0.15) is 11.6 Å². The zero-order valence-electron chi connectivity index (χ0n) is 19.8. The fraction of sp³-hybridized carbons (Fsp3) is 0.462. The van der Waals surface area contributed by atoms with Crippen molar-refractivity contribution >= 4 is 10.9 Å². The van der Waals surface area contributed by atoms with Crippen molar-refractivity contribution in [3.63, 3.8) is 0 Å². The molecule has 1 saturated heterocycles. The lowest BCUT2D eigenvalue weighted by atomic mass is 9.73. The van der Waals surface area contributed by atoms with Crippen LogP contribution < -0.4 is 0 Å². The summed E-state index contributed by atoms with van der Waals surface area (Å²) in [7, 11) is 0. The number of benzene rings is 2. The van der Waals surface area contributed by atoms with E-state index in [0.29, 0.717) is 25.3 Å². The van der Waals surface area contributed by atoms with Gasteiger partial charge in [-0.1, -0.05) is 26.0 Å². The molecule has 0 bridgehead atoms. The van der Waals surface area contributed by atoms with Gasteiger partial charge in [-0.05, 0) is 53.1 Å². The summed E-state index contributed by atoms with van der Waals surface area (Å²) in [6.07, 6.45) is -6.42. The van der Waals surface area contributed by atoms with E-state index in [9.17, 15) is 27.8 Å². The molecule has 1 unspecified atom stereocenters. The number of aromatic hydroxyl groups is 1. The van der Waals surface area contributed by atoms with Crippen molar-refractivity contribution in [3.05, 3.63) is 65.1 Å². The van der Waals surface area contributed by atoms with Gasteiger partial charge in [0.2, 0.25) is 0 Å². The second-order valence-electron chi connectivity index (χ2n) is 10.0. The van der Waals surface area contributed by atoms with E-state index in [4.69, 9.17) is 4.74 Å². The van der Waals surface area contributed by atoms with Crippen molar-refractivity contribution in [3.8, 4) is 5.75 Å². The molecule has 1 aromatic heterocycles. The lowest BCUT2D eigenvalue weighted by Crippen LogP contribution is -2.50. The number of aromatic nitrogens is 1. The standard InChI is InChI=1S/C26H30F4N2O3/c1-24(2,21-13-19(27)5-6-23(21)33)16-25(34,26(28,29)30)14-20-12-18-4-3-17(11-22(18)31-20)15-32-7-9-35-10-8-32/h3-6,11-13,31,33-34H,7-10,14-16H2,1-2H3. The highest BCUT2D eigenvalue weighted by molar-refractivity contribution is 5.81. The summed E-state index contributed by atoms with van der Waals surface area (Å²) in [5.74, 6) is -0.996. The normalized spacial score (nSPS) is 17.6. The Balaban J connectivity index is 1.59. The van der Waals surface area contributed by atoms with Crippen LogP contribution in [-0.4, -0.2) is 58.2 Å². The van der Waals surface area contributed by atoms with E-state index >= 15 is 0 Å². The van der Waals surface area contributed by atoms with Crippen LogP contribution in [-0.2, 0) is 23.1 Å². The van der Waals surface area contributed by atoms with E-state index in [-0.39, 0.29) is 17.0 Å². The van der Waals surface area contributed by atoms with Gasteiger partial charge in [0.15, 0.2) is 5.60 Å². The number of rotatable bonds is 7. The number of morpholine rings is 1. The van der Waals surface area contributed by atoms with Crippen LogP contribution in [0, 0.1) is 5.82 Å².